The highest BCUT2D eigenvalue weighted by Gasteiger charge is 2.26. The highest BCUT2D eigenvalue weighted by molar-refractivity contribution is 5.89. The second-order valence-corrected chi connectivity index (χ2v) is 6.51. The molecule has 0 radical (unpaired) electrons. The number of nitrogens with one attached hydrogen (secondary N) is 2. The highest BCUT2D eigenvalue weighted by atomic mass is 16.5. The molecule has 9 heteroatoms. The number of aromatic hydroxyl groups is 1. The van der Waals surface area contributed by atoms with Gasteiger partial charge in [0.25, 0.3) is 0 Å². The van der Waals surface area contributed by atoms with Crippen molar-refractivity contribution < 1.29 is 29.0 Å². The summed E-state index contributed by atoms with van der Waals surface area (Å²) < 4.78 is 9.83. The molecule has 1 aromatic carbocycles. The lowest BCUT2D eigenvalue weighted by Gasteiger charge is -2.19. The van der Waals surface area contributed by atoms with E-state index in [0.29, 0.717) is 0 Å². The van der Waals surface area contributed by atoms with Gasteiger partial charge in [0.15, 0.2) is 0 Å². The normalized spacial score (nSPS) is 12.9. The zero-order chi connectivity index (χ0) is 21.4. The lowest BCUT2D eigenvalue weighted by Crippen LogP contribution is -2.49. The SMILES string of the molecule is CCOC(=O)CC[C@H](NC(=O)[C@@H](N)Cc1c[nH]c2ccc(O)cc12)C(=O)OCC. The first-order valence-electron chi connectivity index (χ1n) is 9.52. The number of carbonyl (C=O) groups is 3. The Morgan fingerprint density at radius 2 is 1.93 bits per heavy atom. The molecule has 0 aliphatic rings. The molecule has 0 fully saturated rings. The van der Waals surface area contributed by atoms with Crippen molar-refractivity contribution in [2.24, 2.45) is 5.73 Å². The minimum Gasteiger partial charge on any atom is -0.508 e. The summed E-state index contributed by atoms with van der Waals surface area (Å²) in [7, 11) is 0. The van der Waals surface area contributed by atoms with E-state index >= 15 is 0 Å². The van der Waals surface area contributed by atoms with Crippen molar-refractivity contribution in [3.05, 3.63) is 30.0 Å². The summed E-state index contributed by atoms with van der Waals surface area (Å²) in [5.74, 6) is -1.52. The minimum absolute atomic E-state index is 0.0332. The van der Waals surface area contributed by atoms with Crippen LogP contribution in [0.3, 0.4) is 0 Å². The van der Waals surface area contributed by atoms with Crippen molar-refractivity contribution in [1.82, 2.24) is 10.3 Å². The zero-order valence-corrected chi connectivity index (χ0v) is 16.6. The monoisotopic (exact) mass is 405 g/mol. The smallest absolute Gasteiger partial charge is 0.328 e. The molecular weight excluding hydrogens is 378 g/mol. The van der Waals surface area contributed by atoms with Gasteiger partial charge in [-0.1, -0.05) is 0 Å². The standard InChI is InChI=1S/C20H27N3O6/c1-3-28-18(25)8-7-17(20(27)29-4-2)23-19(26)15(21)9-12-11-22-16-6-5-13(24)10-14(12)16/h5-6,10-11,15,17,22,24H,3-4,7-9,21H2,1-2H3,(H,23,26)/t15-,17-/m0/s1. The molecule has 0 spiro atoms. The number of rotatable bonds is 10. The average Bonchev–Trinajstić information content (AvgIpc) is 3.07. The number of aromatic amines is 1. The molecule has 1 heterocycles. The van der Waals surface area contributed by atoms with E-state index in [-0.39, 0.29) is 38.2 Å². The lowest BCUT2D eigenvalue weighted by molar-refractivity contribution is -0.149. The van der Waals surface area contributed by atoms with E-state index in [0.717, 1.165) is 16.5 Å². The van der Waals surface area contributed by atoms with Crippen LogP contribution in [-0.4, -0.2) is 53.2 Å². The van der Waals surface area contributed by atoms with Crippen LogP contribution in [0.4, 0.5) is 0 Å². The van der Waals surface area contributed by atoms with Gasteiger partial charge < -0.3 is 30.6 Å². The van der Waals surface area contributed by atoms with E-state index in [4.69, 9.17) is 15.2 Å². The second-order valence-electron chi connectivity index (χ2n) is 6.51. The molecule has 2 atom stereocenters. The number of nitrogens with two attached hydrogens (primary N) is 1. The number of ether oxygens (including phenoxy) is 2. The number of H-pyrrole nitrogens is 1. The third-order valence-electron chi connectivity index (χ3n) is 4.36. The molecule has 158 valence electrons. The van der Waals surface area contributed by atoms with Crippen LogP contribution in [0.25, 0.3) is 10.9 Å². The largest absolute Gasteiger partial charge is 0.508 e. The molecule has 1 aromatic heterocycles. The van der Waals surface area contributed by atoms with Crippen molar-refractivity contribution in [3.8, 4) is 5.75 Å². The van der Waals surface area contributed by atoms with Gasteiger partial charge >= 0.3 is 11.9 Å². The fourth-order valence-corrected chi connectivity index (χ4v) is 2.93. The Morgan fingerprint density at radius 1 is 1.21 bits per heavy atom. The topological polar surface area (TPSA) is 144 Å². The zero-order valence-electron chi connectivity index (χ0n) is 16.6. The first-order valence-corrected chi connectivity index (χ1v) is 9.52. The fraction of sp³-hybridized carbons (Fsp3) is 0.450. The van der Waals surface area contributed by atoms with E-state index in [1.165, 1.54) is 0 Å². The van der Waals surface area contributed by atoms with Crippen molar-refractivity contribution in [2.75, 3.05) is 13.2 Å². The molecule has 0 saturated heterocycles. The number of aromatic nitrogens is 1. The average molecular weight is 405 g/mol. The fourth-order valence-electron chi connectivity index (χ4n) is 2.93. The van der Waals surface area contributed by atoms with Crippen molar-refractivity contribution >= 4 is 28.7 Å². The molecule has 5 N–H and O–H groups in total. The molecule has 2 aromatic rings. The van der Waals surface area contributed by atoms with Gasteiger partial charge in [0.2, 0.25) is 5.91 Å². The summed E-state index contributed by atoms with van der Waals surface area (Å²) in [6.45, 7) is 3.72. The van der Waals surface area contributed by atoms with E-state index in [1.807, 2.05) is 0 Å². The summed E-state index contributed by atoms with van der Waals surface area (Å²) in [5, 5.41) is 13.0. The van der Waals surface area contributed by atoms with E-state index in [9.17, 15) is 19.5 Å². The van der Waals surface area contributed by atoms with Gasteiger partial charge in [0.05, 0.1) is 19.3 Å². The summed E-state index contributed by atoms with van der Waals surface area (Å²) in [4.78, 5) is 39.3. The van der Waals surface area contributed by atoms with Crippen LogP contribution in [-0.2, 0) is 30.3 Å². The van der Waals surface area contributed by atoms with E-state index in [2.05, 4.69) is 10.3 Å². The van der Waals surface area contributed by atoms with Gasteiger partial charge in [-0.2, -0.15) is 0 Å². The molecule has 0 unspecified atom stereocenters. The maximum Gasteiger partial charge on any atom is 0.328 e. The van der Waals surface area contributed by atoms with Crippen LogP contribution >= 0.6 is 0 Å². The maximum atomic E-state index is 12.5. The number of benzene rings is 1. The minimum atomic E-state index is -0.995. The Hall–Kier alpha value is -3.07. The van der Waals surface area contributed by atoms with Crippen LogP contribution in [0.15, 0.2) is 24.4 Å². The molecule has 0 saturated carbocycles. The van der Waals surface area contributed by atoms with Crippen molar-refractivity contribution in [3.63, 3.8) is 0 Å². The van der Waals surface area contributed by atoms with Gasteiger partial charge in [-0.3, -0.25) is 9.59 Å². The number of esters is 2. The van der Waals surface area contributed by atoms with Gasteiger partial charge in [0.1, 0.15) is 11.8 Å². The third-order valence-corrected chi connectivity index (χ3v) is 4.36. The van der Waals surface area contributed by atoms with Crippen LogP contribution in [0, 0.1) is 0 Å². The number of hydrogen-bond acceptors (Lipinski definition) is 7. The van der Waals surface area contributed by atoms with Crippen LogP contribution in [0.1, 0.15) is 32.3 Å². The molecule has 0 aliphatic carbocycles. The van der Waals surface area contributed by atoms with Gasteiger partial charge in [0, 0.05) is 23.5 Å². The molecule has 0 bridgehead atoms. The summed E-state index contributed by atoms with van der Waals surface area (Å²) in [6, 6.07) is 2.95. The quantitative estimate of drug-likeness (QED) is 0.434. The van der Waals surface area contributed by atoms with Crippen LogP contribution in [0.2, 0.25) is 0 Å². The van der Waals surface area contributed by atoms with Crippen molar-refractivity contribution in [1.29, 1.82) is 0 Å². The van der Waals surface area contributed by atoms with E-state index < -0.39 is 29.9 Å². The van der Waals surface area contributed by atoms with Crippen LogP contribution in [0.5, 0.6) is 5.75 Å². The Morgan fingerprint density at radius 3 is 2.62 bits per heavy atom. The van der Waals surface area contributed by atoms with Gasteiger partial charge in [-0.15, -0.1) is 0 Å². The number of fused-ring (bicyclic) bond motifs is 1. The predicted molar refractivity (Wildman–Crippen MR) is 106 cm³/mol. The van der Waals surface area contributed by atoms with Gasteiger partial charge in [-0.05, 0) is 50.5 Å². The second kappa shape index (κ2) is 10.5. The molecule has 2 rings (SSSR count). The molecule has 29 heavy (non-hydrogen) atoms. The Bertz CT molecular complexity index is 863. The predicted octanol–water partition coefficient (Wildman–Crippen LogP) is 1.13. The first kappa shape index (κ1) is 22.2. The summed E-state index contributed by atoms with van der Waals surface area (Å²) in [5.41, 5.74) is 7.60. The molecule has 9 nitrogen and oxygen atoms in total. The maximum absolute atomic E-state index is 12.5. The summed E-state index contributed by atoms with van der Waals surface area (Å²) in [6.07, 6.45) is 1.94. The Balaban J connectivity index is 2.03. The van der Waals surface area contributed by atoms with Crippen molar-refractivity contribution in [2.45, 2.75) is 45.2 Å². The number of carbonyl (C=O) groups excluding carboxylic acids is 3. The number of amides is 1. The number of phenols is 1. The summed E-state index contributed by atoms with van der Waals surface area (Å²) >= 11 is 0. The number of hydrogen-bond donors (Lipinski definition) is 4. The first-order chi connectivity index (χ1) is 13.8. The highest BCUT2D eigenvalue weighted by Crippen LogP contribution is 2.23. The van der Waals surface area contributed by atoms with Crippen LogP contribution < -0.4 is 11.1 Å². The Labute approximate surface area is 168 Å². The molecule has 1 amide bonds. The third kappa shape index (κ3) is 6.21. The lowest BCUT2D eigenvalue weighted by atomic mass is 10.0. The van der Waals surface area contributed by atoms with Gasteiger partial charge in [-0.25, -0.2) is 4.79 Å². The molecule has 0 aliphatic heterocycles. The Kier molecular flexibility index (Phi) is 8.02. The molecular formula is C20H27N3O6. The number of phenolic OH excluding ortho intramolecular Hbond substituents is 1. The van der Waals surface area contributed by atoms with E-state index in [1.54, 1.807) is 38.2 Å².